The molecule has 2 aromatic carbocycles. The molecule has 0 fully saturated rings. The number of para-hydroxylation sites is 1. The number of aliphatic imine (C=N–C) groups is 1. The Morgan fingerprint density at radius 3 is 2.32 bits per heavy atom. The van der Waals surface area contributed by atoms with E-state index in [-0.39, 0.29) is 6.04 Å². The minimum atomic E-state index is 0.197. The molecular weight excluding hydrogens is 274 g/mol. The molecule has 0 saturated carbocycles. The predicted molar refractivity (Wildman–Crippen MR) is 91.3 cm³/mol. The van der Waals surface area contributed by atoms with Gasteiger partial charge in [-0.1, -0.05) is 48.5 Å². The molecule has 0 heterocycles. The molecule has 4 heteroatoms. The fourth-order valence-corrected chi connectivity index (χ4v) is 2.08. The summed E-state index contributed by atoms with van der Waals surface area (Å²) in [5.41, 5.74) is 1.23. The maximum atomic E-state index is 5.65. The van der Waals surface area contributed by atoms with Crippen molar-refractivity contribution in [3.05, 3.63) is 66.2 Å². The van der Waals surface area contributed by atoms with Gasteiger partial charge < -0.3 is 15.4 Å². The SMILES string of the molecule is CN=C(NCCOc1ccccc1)NC(C)c1ccccc1. The standard InChI is InChI=1S/C18H23N3O/c1-15(16-9-5-3-6-10-16)21-18(19-2)20-13-14-22-17-11-7-4-8-12-17/h3-12,15H,13-14H2,1-2H3,(H2,19,20,21). The highest BCUT2D eigenvalue weighted by Gasteiger charge is 2.06. The first-order valence-electron chi connectivity index (χ1n) is 7.49. The average molecular weight is 297 g/mol. The Labute approximate surface area is 132 Å². The Morgan fingerprint density at radius 2 is 1.68 bits per heavy atom. The normalized spacial score (nSPS) is 12.5. The van der Waals surface area contributed by atoms with Crippen LogP contribution in [0.25, 0.3) is 0 Å². The fourth-order valence-electron chi connectivity index (χ4n) is 2.08. The third kappa shape index (κ3) is 5.13. The second-order valence-electron chi connectivity index (χ2n) is 4.94. The van der Waals surface area contributed by atoms with Crippen molar-refractivity contribution in [1.82, 2.24) is 10.6 Å². The number of guanidine groups is 1. The van der Waals surface area contributed by atoms with Gasteiger partial charge in [0.15, 0.2) is 5.96 Å². The number of ether oxygens (including phenoxy) is 1. The molecule has 0 amide bonds. The van der Waals surface area contributed by atoms with Crippen molar-refractivity contribution < 1.29 is 4.74 Å². The Kier molecular flexibility index (Phi) is 6.30. The second-order valence-corrected chi connectivity index (χ2v) is 4.94. The van der Waals surface area contributed by atoms with Gasteiger partial charge >= 0.3 is 0 Å². The first kappa shape index (κ1) is 15.9. The summed E-state index contributed by atoms with van der Waals surface area (Å²) in [5, 5.41) is 6.62. The minimum absolute atomic E-state index is 0.197. The lowest BCUT2D eigenvalue weighted by atomic mass is 10.1. The number of hydrogen-bond donors (Lipinski definition) is 2. The van der Waals surface area contributed by atoms with Gasteiger partial charge in [0.2, 0.25) is 0 Å². The van der Waals surface area contributed by atoms with Crippen LogP contribution in [0.15, 0.2) is 65.7 Å². The van der Waals surface area contributed by atoms with Gasteiger partial charge in [-0.3, -0.25) is 4.99 Å². The minimum Gasteiger partial charge on any atom is -0.492 e. The van der Waals surface area contributed by atoms with Crippen LogP contribution in [0.1, 0.15) is 18.5 Å². The number of hydrogen-bond acceptors (Lipinski definition) is 2. The van der Waals surface area contributed by atoms with Crippen LogP contribution in [0.2, 0.25) is 0 Å². The second kappa shape index (κ2) is 8.72. The van der Waals surface area contributed by atoms with Gasteiger partial charge in [0.25, 0.3) is 0 Å². The molecule has 0 aliphatic carbocycles. The van der Waals surface area contributed by atoms with E-state index in [1.807, 2.05) is 48.5 Å². The zero-order chi connectivity index (χ0) is 15.6. The molecule has 0 aromatic heterocycles. The van der Waals surface area contributed by atoms with Crippen LogP contribution in [0, 0.1) is 0 Å². The van der Waals surface area contributed by atoms with Crippen LogP contribution in [0.4, 0.5) is 0 Å². The maximum absolute atomic E-state index is 5.65. The number of benzene rings is 2. The molecule has 2 aromatic rings. The van der Waals surface area contributed by atoms with Gasteiger partial charge in [-0.25, -0.2) is 0 Å². The third-order valence-corrected chi connectivity index (χ3v) is 3.28. The summed E-state index contributed by atoms with van der Waals surface area (Å²) in [6.45, 7) is 3.39. The van der Waals surface area contributed by atoms with Crippen molar-refractivity contribution in [2.75, 3.05) is 20.2 Å². The zero-order valence-corrected chi connectivity index (χ0v) is 13.1. The van der Waals surface area contributed by atoms with Crippen LogP contribution in [-0.2, 0) is 0 Å². The van der Waals surface area contributed by atoms with E-state index in [1.165, 1.54) is 5.56 Å². The fraction of sp³-hybridized carbons (Fsp3) is 0.278. The van der Waals surface area contributed by atoms with Gasteiger partial charge in [-0.15, -0.1) is 0 Å². The smallest absolute Gasteiger partial charge is 0.191 e. The molecule has 0 aliphatic heterocycles. The molecule has 116 valence electrons. The number of rotatable bonds is 6. The van der Waals surface area contributed by atoms with Crippen LogP contribution >= 0.6 is 0 Å². The topological polar surface area (TPSA) is 45.7 Å². The Morgan fingerprint density at radius 1 is 1.05 bits per heavy atom. The maximum Gasteiger partial charge on any atom is 0.191 e. The number of nitrogens with one attached hydrogen (secondary N) is 2. The average Bonchev–Trinajstić information content (AvgIpc) is 2.59. The molecule has 0 saturated heterocycles. The molecule has 22 heavy (non-hydrogen) atoms. The summed E-state index contributed by atoms with van der Waals surface area (Å²) in [5.74, 6) is 1.65. The summed E-state index contributed by atoms with van der Waals surface area (Å²) >= 11 is 0. The summed E-state index contributed by atoms with van der Waals surface area (Å²) in [7, 11) is 1.77. The van der Waals surface area contributed by atoms with Crippen molar-refractivity contribution in [2.24, 2.45) is 4.99 Å². The highest BCUT2D eigenvalue weighted by atomic mass is 16.5. The number of nitrogens with zero attached hydrogens (tertiary/aromatic N) is 1. The summed E-state index contributed by atoms with van der Waals surface area (Å²) in [4.78, 5) is 4.24. The highest BCUT2D eigenvalue weighted by molar-refractivity contribution is 5.80. The van der Waals surface area contributed by atoms with Crippen molar-refractivity contribution in [3.63, 3.8) is 0 Å². The summed E-state index contributed by atoms with van der Waals surface area (Å²) in [6, 6.07) is 20.3. The van der Waals surface area contributed by atoms with E-state index in [2.05, 4.69) is 34.7 Å². The molecule has 0 bridgehead atoms. The van der Waals surface area contributed by atoms with Crippen LogP contribution in [0.3, 0.4) is 0 Å². The van der Waals surface area contributed by atoms with E-state index in [0.717, 1.165) is 11.7 Å². The van der Waals surface area contributed by atoms with Crippen LogP contribution in [0.5, 0.6) is 5.75 Å². The van der Waals surface area contributed by atoms with E-state index >= 15 is 0 Å². The zero-order valence-electron chi connectivity index (χ0n) is 13.1. The van der Waals surface area contributed by atoms with Gasteiger partial charge in [-0.05, 0) is 24.6 Å². The summed E-state index contributed by atoms with van der Waals surface area (Å²) < 4.78 is 5.65. The first-order valence-corrected chi connectivity index (χ1v) is 7.49. The monoisotopic (exact) mass is 297 g/mol. The predicted octanol–water partition coefficient (Wildman–Crippen LogP) is 2.99. The highest BCUT2D eigenvalue weighted by Crippen LogP contribution is 2.10. The third-order valence-electron chi connectivity index (χ3n) is 3.28. The lowest BCUT2D eigenvalue weighted by molar-refractivity contribution is 0.321. The van der Waals surface area contributed by atoms with Gasteiger partial charge in [0.1, 0.15) is 12.4 Å². The Balaban J connectivity index is 1.73. The molecular formula is C18H23N3O. The largest absolute Gasteiger partial charge is 0.492 e. The molecule has 1 unspecified atom stereocenters. The van der Waals surface area contributed by atoms with Crippen LogP contribution in [-0.4, -0.2) is 26.2 Å². The van der Waals surface area contributed by atoms with E-state index in [0.29, 0.717) is 13.2 Å². The lowest BCUT2D eigenvalue weighted by Crippen LogP contribution is -2.40. The van der Waals surface area contributed by atoms with Gasteiger partial charge in [0.05, 0.1) is 12.6 Å². The molecule has 1 atom stereocenters. The van der Waals surface area contributed by atoms with E-state index in [1.54, 1.807) is 7.05 Å². The summed E-state index contributed by atoms with van der Waals surface area (Å²) in [6.07, 6.45) is 0. The van der Waals surface area contributed by atoms with Crippen molar-refractivity contribution in [3.8, 4) is 5.75 Å². The molecule has 0 radical (unpaired) electrons. The van der Waals surface area contributed by atoms with Crippen LogP contribution < -0.4 is 15.4 Å². The first-order chi connectivity index (χ1) is 10.8. The van der Waals surface area contributed by atoms with E-state index < -0.39 is 0 Å². The lowest BCUT2D eigenvalue weighted by Gasteiger charge is -2.18. The molecule has 2 rings (SSSR count). The van der Waals surface area contributed by atoms with E-state index in [4.69, 9.17) is 4.74 Å². The van der Waals surface area contributed by atoms with E-state index in [9.17, 15) is 0 Å². The quantitative estimate of drug-likeness (QED) is 0.489. The van der Waals surface area contributed by atoms with Crippen molar-refractivity contribution >= 4 is 5.96 Å². The van der Waals surface area contributed by atoms with Gasteiger partial charge in [0, 0.05) is 7.05 Å². The molecule has 4 nitrogen and oxygen atoms in total. The Bertz CT molecular complexity index is 569. The van der Waals surface area contributed by atoms with Crippen molar-refractivity contribution in [1.29, 1.82) is 0 Å². The van der Waals surface area contributed by atoms with Gasteiger partial charge in [-0.2, -0.15) is 0 Å². The van der Waals surface area contributed by atoms with Crippen molar-refractivity contribution in [2.45, 2.75) is 13.0 Å². The molecule has 0 aliphatic rings. The Hall–Kier alpha value is -2.49. The molecule has 0 spiro atoms. The molecule has 2 N–H and O–H groups in total.